The SMILES string of the molecule is CCCNC(C1=CCCCC1)c1ccc(OC)c(Br)c1. The van der Waals surface area contributed by atoms with Gasteiger partial charge in [-0.15, -0.1) is 0 Å². The quantitative estimate of drug-likeness (QED) is 0.737. The number of benzene rings is 1. The maximum atomic E-state index is 5.32. The van der Waals surface area contributed by atoms with Crippen molar-refractivity contribution in [2.45, 2.75) is 45.1 Å². The van der Waals surface area contributed by atoms with Crippen LogP contribution >= 0.6 is 15.9 Å². The summed E-state index contributed by atoms with van der Waals surface area (Å²) in [6.45, 7) is 3.26. The summed E-state index contributed by atoms with van der Waals surface area (Å²) in [6, 6.07) is 6.75. The molecule has 0 spiro atoms. The lowest BCUT2D eigenvalue weighted by atomic mass is 9.89. The van der Waals surface area contributed by atoms with E-state index in [-0.39, 0.29) is 0 Å². The fraction of sp³-hybridized carbons (Fsp3) is 0.529. The van der Waals surface area contributed by atoms with Crippen molar-refractivity contribution >= 4 is 15.9 Å². The highest BCUT2D eigenvalue weighted by molar-refractivity contribution is 9.10. The molecule has 1 aliphatic carbocycles. The Kier molecular flexibility index (Phi) is 6.11. The van der Waals surface area contributed by atoms with Crippen LogP contribution in [-0.4, -0.2) is 13.7 Å². The van der Waals surface area contributed by atoms with Gasteiger partial charge in [0.25, 0.3) is 0 Å². The number of allylic oxidation sites excluding steroid dienone is 1. The molecule has 0 saturated carbocycles. The molecule has 0 amide bonds. The Morgan fingerprint density at radius 3 is 2.80 bits per heavy atom. The Bertz CT molecular complexity index is 470. The fourth-order valence-electron chi connectivity index (χ4n) is 2.74. The second-order valence-electron chi connectivity index (χ2n) is 5.31. The lowest BCUT2D eigenvalue weighted by molar-refractivity contribution is 0.411. The van der Waals surface area contributed by atoms with Gasteiger partial charge >= 0.3 is 0 Å². The van der Waals surface area contributed by atoms with Crippen LogP contribution in [0.3, 0.4) is 0 Å². The first-order chi connectivity index (χ1) is 9.76. The van der Waals surface area contributed by atoms with E-state index in [1.165, 1.54) is 31.2 Å². The van der Waals surface area contributed by atoms with Gasteiger partial charge in [-0.05, 0) is 72.3 Å². The minimum atomic E-state index is 0.345. The molecule has 2 nitrogen and oxygen atoms in total. The summed E-state index contributed by atoms with van der Waals surface area (Å²) in [7, 11) is 1.70. The highest BCUT2D eigenvalue weighted by Gasteiger charge is 2.18. The van der Waals surface area contributed by atoms with Gasteiger partial charge in [0.2, 0.25) is 0 Å². The predicted molar refractivity (Wildman–Crippen MR) is 88.3 cm³/mol. The Morgan fingerprint density at radius 2 is 2.20 bits per heavy atom. The van der Waals surface area contributed by atoms with Gasteiger partial charge in [0, 0.05) is 0 Å². The molecule has 0 radical (unpaired) electrons. The van der Waals surface area contributed by atoms with Crippen molar-refractivity contribution in [1.82, 2.24) is 5.32 Å². The summed E-state index contributed by atoms with van der Waals surface area (Å²) in [6.07, 6.45) is 8.65. The molecule has 1 atom stereocenters. The van der Waals surface area contributed by atoms with E-state index in [0.717, 1.165) is 23.2 Å². The van der Waals surface area contributed by atoms with Crippen LogP contribution in [0.15, 0.2) is 34.3 Å². The molecule has 0 heterocycles. The van der Waals surface area contributed by atoms with E-state index < -0.39 is 0 Å². The fourth-order valence-corrected chi connectivity index (χ4v) is 3.30. The molecule has 1 aromatic carbocycles. The topological polar surface area (TPSA) is 21.3 Å². The highest BCUT2D eigenvalue weighted by atomic mass is 79.9. The van der Waals surface area contributed by atoms with E-state index >= 15 is 0 Å². The number of halogens is 1. The number of nitrogens with one attached hydrogen (secondary N) is 1. The van der Waals surface area contributed by atoms with Gasteiger partial charge in [-0.3, -0.25) is 0 Å². The van der Waals surface area contributed by atoms with Crippen LogP contribution in [0.2, 0.25) is 0 Å². The zero-order valence-corrected chi connectivity index (χ0v) is 14.0. The van der Waals surface area contributed by atoms with Crippen LogP contribution in [0.25, 0.3) is 0 Å². The Hall–Kier alpha value is -0.800. The second kappa shape index (κ2) is 7.84. The number of ether oxygens (including phenoxy) is 1. The van der Waals surface area contributed by atoms with Gasteiger partial charge in [-0.25, -0.2) is 0 Å². The Morgan fingerprint density at radius 1 is 1.35 bits per heavy atom. The first-order valence-corrected chi connectivity index (χ1v) is 8.31. The number of hydrogen-bond donors (Lipinski definition) is 1. The molecule has 0 aromatic heterocycles. The molecule has 110 valence electrons. The van der Waals surface area contributed by atoms with Crippen LogP contribution in [0.1, 0.15) is 50.6 Å². The summed E-state index contributed by atoms with van der Waals surface area (Å²) in [5.41, 5.74) is 2.86. The van der Waals surface area contributed by atoms with E-state index in [2.05, 4.69) is 46.4 Å². The van der Waals surface area contributed by atoms with Crippen molar-refractivity contribution < 1.29 is 4.74 Å². The molecule has 1 aromatic rings. The van der Waals surface area contributed by atoms with E-state index in [4.69, 9.17) is 4.74 Å². The van der Waals surface area contributed by atoms with Crippen molar-refractivity contribution in [1.29, 1.82) is 0 Å². The first kappa shape index (κ1) is 15.6. The zero-order chi connectivity index (χ0) is 14.4. The number of hydrogen-bond acceptors (Lipinski definition) is 2. The lowest BCUT2D eigenvalue weighted by Gasteiger charge is -2.25. The van der Waals surface area contributed by atoms with Gasteiger partial charge in [-0.2, -0.15) is 0 Å². The van der Waals surface area contributed by atoms with Crippen molar-refractivity contribution in [3.8, 4) is 5.75 Å². The number of methoxy groups -OCH3 is 1. The Labute approximate surface area is 130 Å². The van der Waals surface area contributed by atoms with E-state index in [1.54, 1.807) is 12.7 Å². The molecule has 0 bridgehead atoms. The summed E-state index contributed by atoms with van der Waals surface area (Å²) in [5.74, 6) is 0.889. The molecule has 1 aliphatic rings. The van der Waals surface area contributed by atoms with Crippen LogP contribution in [0.4, 0.5) is 0 Å². The summed E-state index contributed by atoms with van der Waals surface area (Å²) in [4.78, 5) is 0. The van der Waals surface area contributed by atoms with Crippen LogP contribution in [0, 0.1) is 0 Å². The zero-order valence-electron chi connectivity index (χ0n) is 12.4. The lowest BCUT2D eigenvalue weighted by Crippen LogP contribution is -2.24. The van der Waals surface area contributed by atoms with Crippen LogP contribution < -0.4 is 10.1 Å². The second-order valence-corrected chi connectivity index (χ2v) is 6.16. The van der Waals surface area contributed by atoms with Gasteiger partial charge in [0.05, 0.1) is 17.6 Å². The van der Waals surface area contributed by atoms with E-state index in [0.29, 0.717) is 6.04 Å². The van der Waals surface area contributed by atoms with Gasteiger partial charge in [0.15, 0.2) is 0 Å². The summed E-state index contributed by atoms with van der Waals surface area (Å²) >= 11 is 3.60. The van der Waals surface area contributed by atoms with Gasteiger partial charge in [-0.1, -0.05) is 24.6 Å². The van der Waals surface area contributed by atoms with E-state index in [9.17, 15) is 0 Å². The molecule has 1 unspecified atom stereocenters. The minimum Gasteiger partial charge on any atom is -0.496 e. The first-order valence-electron chi connectivity index (χ1n) is 7.52. The smallest absolute Gasteiger partial charge is 0.133 e. The summed E-state index contributed by atoms with van der Waals surface area (Å²) < 4.78 is 6.35. The van der Waals surface area contributed by atoms with Crippen molar-refractivity contribution in [2.75, 3.05) is 13.7 Å². The molecule has 3 heteroatoms. The maximum Gasteiger partial charge on any atom is 0.133 e. The van der Waals surface area contributed by atoms with Crippen LogP contribution in [0.5, 0.6) is 5.75 Å². The average Bonchev–Trinajstić information content (AvgIpc) is 2.49. The standard InChI is InChI=1S/C17H24BrNO/c1-3-11-19-17(13-7-5-4-6-8-13)14-9-10-16(20-2)15(18)12-14/h7,9-10,12,17,19H,3-6,8,11H2,1-2H3. The third-order valence-electron chi connectivity index (χ3n) is 3.80. The molecular formula is C17H24BrNO. The minimum absolute atomic E-state index is 0.345. The average molecular weight is 338 g/mol. The molecule has 20 heavy (non-hydrogen) atoms. The molecule has 1 N–H and O–H groups in total. The molecule has 2 rings (SSSR count). The third kappa shape index (κ3) is 3.86. The molecule has 0 fully saturated rings. The monoisotopic (exact) mass is 337 g/mol. The Balaban J connectivity index is 2.25. The number of rotatable bonds is 6. The summed E-state index contributed by atoms with van der Waals surface area (Å²) in [5, 5.41) is 3.69. The molecular weight excluding hydrogens is 314 g/mol. The van der Waals surface area contributed by atoms with Crippen LogP contribution in [-0.2, 0) is 0 Å². The van der Waals surface area contributed by atoms with Crippen molar-refractivity contribution in [3.63, 3.8) is 0 Å². The van der Waals surface area contributed by atoms with Gasteiger partial charge < -0.3 is 10.1 Å². The van der Waals surface area contributed by atoms with Gasteiger partial charge in [0.1, 0.15) is 5.75 Å². The van der Waals surface area contributed by atoms with Crippen molar-refractivity contribution in [2.24, 2.45) is 0 Å². The highest BCUT2D eigenvalue weighted by Crippen LogP contribution is 2.34. The largest absolute Gasteiger partial charge is 0.496 e. The predicted octanol–water partition coefficient (Wildman–Crippen LogP) is 5.00. The normalized spacial score (nSPS) is 16.6. The van der Waals surface area contributed by atoms with Crippen molar-refractivity contribution in [3.05, 3.63) is 39.9 Å². The molecule has 0 saturated heterocycles. The van der Waals surface area contributed by atoms with E-state index in [1.807, 2.05) is 6.07 Å². The molecule has 0 aliphatic heterocycles. The third-order valence-corrected chi connectivity index (χ3v) is 4.42. The maximum absolute atomic E-state index is 5.32.